The highest BCUT2D eigenvalue weighted by atomic mass is 35.5. The van der Waals surface area contributed by atoms with Gasteiger partial charge in [0.15, 0.2) is 0 Å². The van der Waals surface area contributed by atoms with E-state index in [4.69, 9.17) is 16.3 Å². The third-order valence-electron chi connectivity index (χ3n) is 7.21. The summed E-state index contributed by atoms with van der Waals surface area (Å²) in [7, 11) is -2.81. The lowest BCUT2D eigenvalue weighted by Gasteiger charge is -2.34. The number of rotatable bonds is 13. The van der Waals surface area contributed by atoms with Crippen LogP contribution in [0.3, 0.4) is 0 Å². The van der Waals surface area contributed by atoms with Crippen LogP contribution in [-0.2, 0) is 32.6 Å². The molecule has 0 aromatic heterocycles. The van der Waals surface area contributed by atoms with Crippen molar-refractivity contribution in [1.82, 2.24) is 10.2 Å². The number of anilines is 1. The molecule has 0 unspecified atom stereocenters. The van der Waals surface area contributed by atoms with Gasteiger partial charge in [0.2, 0.25) is 11.8 Å². The van der Waals surface area contributed by atoms with E-state index in [0.717, 1.165) is 15.4 Å². The second kappa shape index (κ2) is 15.1. The molecule has 4 rings (SSSR count). The van der Waals surface area contributed by atoms with Crippen molar-refractivity contribution in [2.75, 3.05) is 18.0 Å². The van der Waals surface area contributed by atoms with Gasteiger partial charge in [0.05, 0.1) is 17.7 Å². The van der Waals surface area contributed by atoms with Gasteiger partial charge >= 0.3 is 0 Å². The van der Waals surface area contributed by atoms with Gasteiger partial charge in [-0.05, 0) is 67.8 Å². The van der Waals surface area contributed by atoms with Crippen LogP contribution in [0.15, 0.2) is 108 Å². The molecule has 0 aliphatic heterocycles. The molecule has 0 bridgehead atoms. The highest BCUT2D eigenvalue weighted by molar-refractivity contribution is 7.92. The third-order valence-corrected chi connectivity index (χ3v) is 9.36. The van der Waals surface area contributed by atoms with Crippen LogP contribution in [0.4, 0.5) is 5.69 Å². The van der Waals surface area contributed by atoms with Gasteiger partial charge in [0.25, 0.3) is 10.0 Å². The lowest BCUT2D eigenvalue weighted by molar-refractivity contribution is -0.140. The average molecular weight is 648 g/mol. The Morgan fingerprint density at radius 2 is 1.51 bits per heavy atom. The SMILES string of the molecule is COc1ccc(C)cc1N(CC(=O)N(Cc1ccccc1Cl)[C@@H](Cc1ccccc1)C(=O)NC(C)C)S(=O)(=O)c1ccccc1. The molecule has 10 heteroatoms. The molecule has 45 heavy (non-hydrogen) atoms. The smallest absolute Gasteiger partial charge is 0.264 e. The first kappa shape index (κ1) is 33.6. The number of carbonyl (C=O) groups excluding carboxylic acids is 2. The van der Waals surface area contributed by atoms with E-state index < -0.39 is 28.5 Å². The van der Waals surface area contributed by atoms with E-state index in [1.165, 1.54) is 24.1 Å². The van der Waals surface area contributed by atoms with E-state index in [0.29, 0.717) is 10.6 Å². The Morgan fingerprint density at radius 1 is 0.889 bits per heavy atom. The van der Waals surface area contributed by atoms with Crippen molar-refractivity contribution in [1.29, 1.82) is 0 Å². The van der Waals surface area contributed by atoms with Gasteiger partial charge in [-0.25, -0.2) is 8.42 Å². The van der Waals surface area contributed by atoms with Crippen LogP contribution in [0.5, 0.6) is 5.75 Å². The Kier molecular flexibility index (Phi) is 11.3. The van der Waals surface area contributed by atoms with Gasteiger partial charge in [0, 0.05) is 24.0 Å². The molecule has 0 aliphatic rings. The zero-order valence-electron chi connectivity index (χ0n) is 25.8. The fourth-order valence-electron chi connectivity index (χ4n) is 4.97. The van der Waals surface area contributed by atoms with Crippen LogP contribution >= 0.6 is 11.6 Å². The molecule has 0 fully saturated rings. The molecule has 4 aromatic carbocycles. The van der Waals surface area contributed by atoms with Crippen LogP contribution in [0.2, 0.25) is 5.02 Å². The lowest BCUT2D eigenvalue weighted by Crippen LogP contribution is -2.54. The summed E-state index contributed by atoms with van der Waals surface area (Å²) < 4.78 is 35.1. The van der Waals surface area contributed by atoms with Crippen LogP contribution in [0.1, 0.15) is 30.5 Å². The first-order valence-electron chi connectivity index (χ1n) is 14.6. The molecule has 0 heterocycles. The van der Waals surface area contributed by atoms with Gasteiger partial charge in [0.1, 0.15) is 18.3 Å². The van der Waals surface area contributed by atoms with Crippen molar-refractivity contribution in [3.63, 3.8) is 0 Å². The summed E-state index contributed by atoms with van der Waals surface area (Å²) in [5.41, 5.74) is 2.44. The molecule has 0 aliphatic carbocycles. The first-order chi connectivity index (χ1) is 21.5. The van der Waals surface area contributed by atoms with E-state index in [-0.39, 0.29) is 41.2 Å². The number of ether oxygens (including phenoxy) is 1. The van der Waals surface area contributed by atoms with Crippen molar-refractivity contribution < 1.29 is 22.7 Å². The fraction of sp³-hybridized carbons (Fsp3) is 0.257. The maximum atomic E-state index is 14.6. The summed E-state index contributed by atoms with van der Waals surface area (Å²) in [6.45, 7) is 4.90. The monoisotopic (exact) mass is 647 g/mol. The maximum Gasteiger partial charge on any atom is 0.264 e. The minimum absolute atomic E-state index is 0.0115. The molecular weight excluding hydrogens is 610 g/mol. The van der Waals surface area contributed by atoms with E-state index in [1.54, 1.807) is 60.7 Å². The molecular formula is C35H38ClN3O5S. The number of carbonyl (C=O) groups is 2. The standard InChI is InChI=1S/C35H38ClN3O5S/c1-25(2)37-35(41)32(22-27-13-7-5-8-14-27)38(23-28-15-11-12-18-30(28)36)34(40)24-39(31-21-26(3)19-20-33(31)44-4)45(42,43)29-16-9-6-10-17-29/h5-21,25,32H,22-24H2,1-4H3,(H,37,41)/t32-/m0/s1. The van der Waals surface area contributed by atoms with E-state index in [9.17, 15) is 18.0 Å². The van der Waals surface area contributed by atoms with Gasteiger partial charge in [-0.2, -0.15) is 0 Å². The van der Waals surface area contributed by atoms with Crippen molar-refractivity contribution in [3.05, 3.63) is 125 Å². The number of aryl methyl sites for hydroxylation is 1. The number of sulfonamides is 1. The predicted molar refractivity (Wildman–Crippen MR) is 178 cm³/mol. The summed E-state index contributed by atoms with van der Waals surface area (Å²) in [5, 5.41) is 3.37. The van der Waals surface area contributed by atoms with Crippen LogP contribution < -0.4 is 14.4 Å². The first-order valence-corrected chi connectivity index (χ1v) is 16.4. The quantitative estimate of drug-likeness (QED) is 0.192. The van der Waals surface area contributed by atoms with Gasteiger partial charge < -0.3 is 15.0 Å². The number of amides is 2. The number of nitrogens with one attached hydrogen (secondary N) is 1. The number of nitrogens with zero attached hydrogens (tertiary/aromatic N) is 2. The zero-order chi connectivity index (χ0) is 32.6. The van der Waals surface area contributed by atoms with Crippen LogP contribution in [-0.4, -0.2) is 50.9 Å². The Labute approximate surface area is 270 Å². The third kappa shape index (κ3) is 8.44. The Balaban J connectivity index is 1.86. The zero-order valence-corrected chi connectivity index (χ0v) is 27.4. The van der Waals surface area contributed by atoms with Crippen molar-refractivity contribution in [3.8, 4) is 5.75 Å². The van der Waals surface area contributed by atoms with Crippen molar-refractivity contribution >= 4 is 39.1 Å². The second-order valence-corrected chi connectivity index (χ2v) is 13.3. The maximum absolute atomic E-state index is 14.6. The number of benzene rings is 4. The van der Waals surface area contributed by atoms with E-state index >= 15 is 0 Å². The molecule has 236 valence electrons. The van der Waals surface area contributed by atoms with Crippen molar-refractivity contribution in [2.24, 2.45) is 0 Å². The number of methoxy groups -OCH3 is 1. The second-order valence-electron chi connectivity index (χ2n) is 11.0. The minimum Gasteiger partial charge on any atom is -0.495 e. The number of hydrogen-bond donors (Lipinski definition) is 1. The lowest BCUT2D eigenvalue weighted by atomic mass is 10.0. The molecule has 4 aromatic rings. The largest absolute Gasteiger partial charge is 0.495 e. The highest BCUT2D eigenvalue weighted by Gasteiger charge is 2.36. The Bertz CT molecular complexity index is 1720. The van der Waals surface area contributed by atoms with Gasteiger partial charge in [-0.3, -0.25) is 13.9 Å². The molecule has 1 N–H and O–H groups in total. The topological polar surface area (TPSA) is 96.0 Å². The summed E-state index contributed by atoms with van der Waals surface area (Å²) >= 11 is 6.55. The summed E-state index contributed by atoms with van der Waals surface area (Å²) in [6, 6.07) is 28.3. The summed E-state index contributed by atoms with van der Waals surface area (Å²) in [4.78, 5) is 29.8. The summed E-state index contributed by atoms with van der Waals surface area (Å²) in [6.07, 6.45) is 0.203. The minimum atomic E-state index is -4.26. The van der Waals surface area contributed by atoms with E-state index in [1.807, 2.05) is 51.1 Å². The fourth-order valence-corrected chi connectivity index (χ4v) is 6.61. The van der Waals surface area contributed by atoms with Crippen LogP contribution in [0.25, 0.3) is 0 Å². The van der Waals surface area contributed by atoms with Gasteiger partial charge in [-0.1, -0.05) is 84.4 Å². The average Bonchev–Trinajstić information content (AvgIpc) is 3.02. The number of hydrogen-bond acceptors (Lipinski definition) is 5. The molecule has 0 radical (unpaired) electrons. The Hall–Kier alpha value is -4.34. The molecule has 8 nitrogen and oxygen atoms in total. The van der Waals surface area contributed by atoms with Crippen LogP contribution in [0, 0.1) is 6.92 Å². The molecule has 0 saturated heterocycles. The summed E-state index contributed by atoms with van der Waals surface area (Å²) in [5.74, 6) is -0.665. The normalized spacial score (nSPS) is 12.0. The predicted octanol–water partition coefficient (Wildman–Crippen LogP) is 6.02. The molecule has 2 amide bonds. The molecule has 0 spiro atoms. The molecule has 1 atom stereocenters. The van der Waals surface area contributed by atoms with E-state index in [2.05, 4.69) is 5.32 Å². The van der Waals surface area contributed by atoms with Crippen molar-refractivity contribution in [2.45, 2.75) is 50.7 Å². The number of halogens is 1. The Morgan fingerprint density at radius 3 is 2.13 bits per heavy atom. The molecule has 0 saturated carbocycles. The highest BCUT2D eigenvalue weighted by Crippen LogP contribution is 2.34. The van der Waals surface area contributed by atoms with Gasteiger partial charge in [-0.15, -0.1) is 0 Å².